The molecule has 1 aromatic rings. The molecule has 0 radical (unpaired) electrons. The molecule has 4 N–H and O–H groups in total. The molecule has 1 saturated carbocycles. The number of hydrogen-bond donors (Lipinski definition) is 4. The summed E-state index contributed by atoms with van der Waals surface area (Å²) in [4.78, 5) is -0.134. The first-order chi connectivity index (χ1) is 10.4. The van der Waals surface area contributed by atoms with Gasteiger partial charge in [0.15, 0.2) is 11.0 Å². The lowest BCUT2D eigenvalue weighted by molar-refractivity contribution is -0.184. The fourth-order valence-corrected chi connectivity index (χ4v) is 4.74. The fraction of sp³-hybridized carbons (Fsp3) is 0.600. The van der Waals surface area contributed by atoms with Crippen LogP contribution in [0.15, 0.2) is 29.2 Å². The van der Waals surface area contributed by atoms with Crippen LogP contribution in [0.1, 0.15) is 19.4 Å². The SMILES string of the molecule is Cc1ccc(S(=O)(=O)C(O)[C@H]2O[C@@]3(O)C(C)(C)[C@@]3(O)[C@H]2O)cc1. The summed E-state index contributed by atoms with van der Waals surface area (Å²) in [6, 6.07) is 5.83. The lowest BCUT2D eigenvalue weighted by Crippen LogP contribution is -2.48. The van der Waals surface area contributed by atoms with Crippen molar-refractivity contribution in [2.24, 2.45) is 5.41 Å². The molecule has 1 unspecified atom stereocenters. The van der Waals surface area contributed by atoms with Gasteiger partial charge in [-0.05, 0) is 19.1 Å². The van der Waals surface area contributed by atoms with Crippen molar-refractivity contribution in [3.8, 4) is 0 Å². The molecule has 23 heavy (non-hydrogen) atoms. The first-order valence-corrected chi connectivity index (χ1v) is 8.75. The van der Waals surface area contributed by atoms with E-state index in [1.807, 2.05) is 0 Å². The van der Waals surface area contributed by atoms with Gasteiger partial charge in [0.1, 0.15) is 12.2 Å². The smallest absolute Gasteiger partial charge is 0.207 e. The number of hydrogen-bond acceptors (Lipinski definition) is 7. The number of fused-ring (bicyclic) bond motifs is 1. The van der Waals surface area contributed by atoms with E-state index in [0.29, 0.717) is 0 Å². The van der Waals surface area contributed by atoms with E-state index < -0.39 is 44.3 Å². The maximum atomic E-state index is 12.5. The van der Waals surface area contributed by atoms with Crippen molar-refractivity contribution in [2.45, 2.75) is 54.7 Å². The zero-order valence-corrected chi connectivity index (χ0v) is 13.8. The van der Waals surface area contributed by atoms with Gasteiger partial charge in [-0.1, -0.05) is 31.5 Å². The Bertz CT molecular complexity index is 742. The van der Waals surface area contributed by atoms with Gasteiger partial charge in [0, 0.05) is 0 Å². The van der Waals surface area contributed by atoms with Crippen molar-refractivity contribution in [2.75, 3.05) is 0 Å². The molecule has 1 aliphatic heterocycles. The Hall–Kier alpha value is -1.03. The molecular weight excluding hydrogens is 324 g/mol. The Kier molecular flexibility index (Phi) is 3.31. The van der Waals surface area contributed by atoms with Crippen molar-refractivity contribution < 1.29 is 33.6 Å². The van der Waals surface area contributed by atoms with Crippen LogP contribution in [0.3, 0.4) is 0 Å². The molecule has 0 spiro atoms. The number of sulfone groups is 1. The molecule has 1 saturated heterocycles. The highest BCUT2D eigenvalue weighted by Gasteiger charge is 2.92. The Morgan fingerprint density at radius 2 is 1.70 bits per heavy atom. The van der Waals surface area contributed by atoms with Gasteiger partial charge in [0.05, 0.1) is 10.3 Å². The van der Waals surface area contributed by atoms with Gasteiger partial charge in [0.2, 0.25) is 15.6 Å². The highest BCUT2D eigenvalue weighted by molar-refractivity contribution is 7.92. The monoisotopic (exact) mass is 344 g/mol. The Balaban J connectivity index is 1.91. The van der Waals surface area contributed by atoms with E-state index in [1.165, 1.54) is 26.0 Å². The molecule has 3 rings (SSSR count). The Morgan fingerprint density at radius 3 is 2.13 bits per heavy atom. The number of rotatable bonds is 3. The number of aryl methyl sites for hydroxylation is 1. The summed E-state index contributed by atoms with van der Waals surface area (Å²) in [6.07, 6.45) is -3.39. The van der Waals surface area contributed by atoms with Gasteiger partial charge in [-0.3, -0.25) is 0 Å². The normalized spacial score (nSPS) is 39.8. The second kappa shape index (κ2) is 4.53. The lowest BCUT2D eigenvalue weighted by atomic mass is 9.98. The molecular formula is C15H20O7S. The maximum absolute atomic E-state index is 12.5. The number of aliphatic hydroxyl groups is 4. The topological polar surface area (TPSA) is 124 Å². The van der Waals surface area contributed by atoms with Crippen LogP contribution in [0.2, 0.25) is 0 Å². The van der Waals surface area contributed by atoms with E-state index in [-0.39, 0.29) is 4.90 Å². The van der Waals surface area contributed by atoms with E-state index in [2.05, 4.69) is 0 Å². The summed E-state index contributed by atoms with van der Waals surface area (Å²) in [6.45, 7) is 4.75. The third kappa shape index (κ3) is 1.79. The number of ether oxygens (including phenoxy) is 1. The second-order valence-corrected chi connectivity index (χ2v) is 8.86. The van der Waals surface area contributed by atoms with Gasteiger partial charge in [0.25, 0.3) is 0 Å². The standard InChI is InChI=1S/C15H20O7S/c1-8-4-6-9(7-5-8)23(20,21)12(17)10-11(16)14(18)13(2,3)15(14,19)22-10/h4-7,10-12,16-19H,1-3H3/t10-,11-,12?,14-,15-/m0/s1. The van der Waals surface area contributed by atoms with Crippen molar-refractivity contribution in [3.05, 3.63) is 29.8 Å². The maximum Gasteiger partial charge on any atom is 0.207 e. The average molecular weight is 344 g/mol. The Morgan fingerprint density at radius 1 is 1.17 bits per heavy atom. The molecule has 2 aliphatic rings. The molecule has 128 valence electrons. The van der Waals surface area contributed by atoms with Crippen molar-refractivity contribution in [3.63, 3.8) is 0 Å². The third-order valence-electron chi connectivity index (χ3n) is 5.25. The molecule has 0 aromatic heterocycles. The minimum Gasteiger partial charge on any atom is -0.387 e. The van der Waals surface area contributed by atoms with Crippen molar-refractivity contribution in [1.29, 1.82) is 0 Å². The highest BCUT2D eigenvalue weighted by atomic mass is 32.2. The van der Waals surface area contributed by atoms with E-state index >= 15 is 0 Å². The molecule has 5 atom stereocenters. The molecule has 0 amide bonds. The van der Waals surface area contributed by atoms with Crippen LogP contribution in [-0.2, 0) is 14.6 Å². The molecule has 1 heterocycles. The zero-order valence-electron chi connectivity index (χ0n) is 13.0. The molecule has 1 aliphatic carbocycles. The van der Waals surface area contributed by atoms with Crippen LogP contribution in [-0.4, -0.2) is 57.9 Å². The number of benzene rings is 1. The van der Waals surface area contributed by atoms with Crippen LogP contribution >= 0.6 is 0 Å². The quantitative estimate of drug-likeness (QED) is 0.572. The van der Waals surface area contributed by atoms with Gasteiger partial charge in [-0.15, -0.1) is 0 Å². The summed E-state index contributed by atoms with van der Waals surface area (Å²) in [5, 5.41) is 41.1. The molecule has 8 heteroatoms. The minimum absolute atomic E-state index is 0.134. The molecule has 0 bridgehead atoms. The van der Waals surface area contributed by atoms with Crippen LogP contribution in [0.25, 0.3) is 0 Å². The summed E-state index contributed by atoms with van der Waals surface area (Å²) >= 11 is 0. The van der Waals surface area contributed by atoms with Crippen molar-refractivity contribution >= 4 is 9.84 Å². The van der Waals surface area contributed by atoms with Gasteiger partial charge in [-0.2, -0.15) is 0 Å². The highest BCUT2D eigenvalue weighted by Crippen LogP contribution is 2.71. The second-order valence-electron chi connectivity index (χ2n) is 6.81. The first-order valence-electron chi connectivity index (χ1n) is 7.20. The summed E-state index contributed by atoms with van der Waals surface area (Å²) in [5.74, 6) is -2.09. The largest absolute Gasteiger partial charge is 0.387 e. The van der Waals surface area contributed by atoms with Gasteiger partial charge < -0.3 is 25.2 Å². The Labute approximate surface area is 134 Å². The predicted octanol–water partition coefficient (Wildman–Crippen LogP) is -0.694. The predicted molar refractivity (Wildman–Crippen MR) is 78.9 cm³/mol. The minimum atomic E-state index is -4.22. The van der Waals surface area contributed by atoms with Crippen LogP contribution < -0.4 is 0 Å². The first kappa shape index (κ1) is 16.8. The van der Waals surface area contributed by atoms with Crippen LogP contribution in [0.5, 0.6) is 0 Å². The van der Waals surface area contributed by atoms with Gasteiger partial charge >= 0.3 is 0 Å². The van der Waals surface area contributed by atoms with Gasteiger partial charge in [-0.25, -0.2) is 8.42 Å². The lowest BCUT2D eigenvalue weighted by Gasteiger charge is -2.28. The zero-order chi connectivity index (χ0) is 17.4. The van der Waals surface area contributed by atoms with E-state index in [9.17, 15) is 28.8 Å². The summed E-state index contributed by atoms with van der Waals surface area (Å²) < 4.78 is 30.1. The van der Waals surface area contributed by atoms with Crippen LogP contribution in [0, 0.1) is 12.3 Å². The molecule has 1 aromatic carbocycles. The van der Waals surface area contributed by atoms with Crippen LogP contribution in [0.4, 0.5) is 0 Å². The van der Waals surface area contributed by atoms with E-state index in [0.717, 1.165) is 5.56 Å². The molecule has 2 fully saturated rings. The van der Waals surface area contributed by atoms with E-state index in [1.54, 1.807) is 19.1 Å². The third-order valence-corrected chi connectivity index (χ3v) is 7.08. The van der Waals surface area contributed by atoms with Crippen molar-refractivity contribution in [1.82, 2.24) is 0 Å². The number of aliphatic hydroxyl groups excluding tert-OH is 2. The average Bonchev–Trinajstić information content (AvgIpc) is 2.70. The molecule has 7 nitrogen and oxygen atoms in total. The summed E-state index contributed by atoms with van der Waals surface area (Å²) in [7, 11) is -4.22. The summed E-state index contributed by atoms with van der Waals surface area (Å²) in [5.41, 5.74) is -4.45. The van der Waals surface area contributed by atoms with E-state index in [4.69, 9.17) is 4.74 Å². The fourth-order valence-electron chi connectivity index (χ4n) is 3.39.